The molecule has 1 unspecified atom stereocenters. The number of anilines is 2. The molecule has 2 rings (SSSR count). The fourth-order valence-electron chi connectivity index (χ4n) is 2.35. The minimum atomic E-state index is -0.525. The quantitative estimate of drug-likeness (QED) is 0.594. The summed E-state index contributed by atoms with van der Waals surface area (Å²) in [5.74, 6) is -0.214. The van der Waals surface area contributed by atoms with Crippen LogP contribution in [0.4, 0.5) is 16.2 Å². The highest BCUT2D eigenvalue weighted by molar-refractivity contribution is 6.33. The Hall–Kier alpha value is -2.57. The van der Waals surface area contributed by atoms with Crippen LogP contribution in [0.5, 0.6) is 0 Å². The third-order valence-corrected chi connectivity index (χ3v) is 4.04. The molecule has 0 aliphatic heterocycles. The molecule has 7 heteroatoms. The summed E-state index contributed by atoms with van der Waals surface area (Å²) < 4.78 is 0. The standard InChI is InChI=1S/C19H23ClN4O2/c1-2-6-16(21)18(25)23-14-8-5-7-13(11-14)12-22-19(26)24-17-10-4-3-9-15(17)20/h3-5,7-11,16H,2,6,12,21H2,1H3,(H,23,25)(H2,22,24,26). The van der Waals surface area contributed by atoms with Crippen molar-refractivity contribution in [1.29, 1.82) is 0 Å². The summed E-state index contributed by atoms with van der Waals surface area (Å²) >= 11 is 6.01. The molecule has 1 atom stereocenters. The lowest BCUT2D eigenvalue weighted by molar-refractivity contribution is -0.117. The fourth-order valence-corrected chi connectivity index (χ4v) is 2.53. The Morgan fingerprint density at radius 1 is 1.12 bits per heavy atom. The number of halogens is 1. The van der Waals surface area contributed by atoms with Gasteiger partial charge in [0.15, 0.2) is 0 Å². The Labute approximate surface area is 158 Å². The summed E-state index contributed by atoms with van der Waals surface area (Å²) in [7, 11) is 0. The van der Waals surface area contributed by atoms with E-state index in [1.807, 2.05) is 19.1 Å². The Kier molecular flexibility index (Phi) is 7.44. The van der Waals surface area contributed by atoms with Gasteiger partial charge in [-0.2, -0.15) is 0 Å². The van der Waals surface area contributed by atoms with Crippen molar-refractivity contribution < 1.29 is 9.59 Å². The second-order valence-corrected chi connectivity index (χ2v) is 6.28. The van der Waals surface area contributed by atoms with Crippen molar-refractivity contribution in [3.63, 3.8) is 0 Å². The molecule has 3 amide bonds. The van der Waals surface area contributed by atoms with E-state index in [0.29, 0.717) is 29.4 Å². The number of benzene rings is 2. The maximum Gasteiger partial charge on any atom is 0.319 e. The van der Waals surface area contributed by atoms with E-state index in [2.05, 4.69) is 16.0 Å². The van der Waals surface area contributed by atoms with E-state index in [4.69, 9.17) is 17.3 Å². The Balaban J connectivity index is 1.89. The average molecular weight is 375 g/mol. The van der Waals surface area contributed by atoms with Crippen molar-refractivity contribution in [3.8, 4) is 0 Å². The molecule has 0 fully saturated rings. The summed E-state index contributed by atoms with van der Waals surface area (Å²) in [5, 5.41) is 8.70. The van der Waals surface area contributed by atoms with Crippen molar-refractivity contribution in [3.05, 3.63) is 59.1 Å². The first kappa shape index (κ1) is 19.8. The van der Waals surface area contributed by atoms with Crippen molar-refractivity contribution in [2.45, 2.75) is 32.4 Å². The number of para-hydroxylation sites is 1. The molecule has 2 aromatic carbocycles. The van der Waals surface area contributed by atoms with Crippen LogP contribution in [0.25, 0.3) is 0 Å². The van der Waals surface area contributed by atoms with Crippen LogP contribution < -0.4 is 21.7 Å². The van der Waals surface area contributed by atoms with E-state index in [0.717, 1.165) is 12.0 Å². The molecule has 6 nitrogen and oxygen atoms in total. The van der Waals surface area contributed by atoms with Gasteiger partial charge in [0.25, 0.3) is 0 Å². The van der Waals surface area contributed by atoms with Crippen molar-refractivity contribution in [1.82, 2.24) is 5.32 Å². The van der Waals surface area contributed by atoms with Gasteiger partial charge in [-0.15, -0.1) is 0 Å². The van der Waals surface area contributed by atoms with E-state index >= 15 is 0 Å². The molecule has 0 radical (unpaired) electrons. The predicted octanol–water partition coefficient (Wildman–Crippen LogP) is 3.73. The van der Waals surface area contributed by atoms with E-state index in [1.165, 1.54) is 0 Å². The van der Waals surface area contributed by atoms with E-state index in [1.54, 1.807) is 36.4 Å². The van der Waals surface area contributed by atoms with E-state index in [-0.39, 0.29) is 11.9 Å². The lowest BCUT2D eigenvalue weighted by Crippen LogP contribution is -2.35. The highest BCUT2D eigenvalue weighted by atomic mass is 35.5. The van der Waals surface area contributed by atoms with Gasteiger partial charge in [0.1, 0.15) is 0 Å². The van der Waals surface area contributed by atoms with Crippen LogP contribution in [0.1, 0.15) is 25.3 Å². The predicted molar refractivity (Wildman–Crippen MR) is 105 cm³/mol. The molecule has 5 N–H and O–H groups in total. The maximum absolute atomic E-state index is 12.0. The molecule has 0 aliphatic carbocycles. The van der Waals surface area contributed by atoms with Crippen LogP contribution in [0.15, 0.2) is 48.5 Å². The maximum atomic E-state index is 12.0. The molecule has 0 saturated carbocycles. The molecule has 0 heterocycles. The number of hydrogen-bond donors (Lipinski definition) is 4. The minimum absolute atomic E-state index is 0.214. The van der Waals surface area contributed by atoms with Gasteiger partial charge in [-0.05, 0) is 36.2 Å². The lowest BCUT2D eigenvalue weighted by atomic mass is 10.1. The van der Waals surface area contributed by atoms with Crippen LogP contribution in [-0.4, -0.2) is 18.0 Å². The number of nitrogens with two attached hydrogens (primary N) is 1. The molecular formula is C19H23ClN4O2. The highest BCUT2D eigenvalue weighted by Crippen LogP contribution is 2.20. The second kappa shape index (κ2) is 9.79. The zero-order chi connectivity index (χ0) is 18.9. The van der Waals surface area contributed by atoms with Gasteiger partial charge in [-0.1, -0.05) is 49.2 Å². The smallest absolute Gasteiger partial charge is 0.319 e. The SMILES string of the molecule is CCCC(N)C(=O)Nc1cccc(CNC(=O)Nc2ccccc2Cl)c1. The van der Waals surface area contributed by atoms with Crippen molar-refractivity contribution >= 4 is 34.9 Å². The van der Waals surface area contributed by atoms with Crippen LogP contribution >= 0.6 is 11.6 Å². The Bertz CT molecular complexity index is 767. The molecular weight excluding hydrogens is 352 g/mol. The molecule has 26 heavy (non-hydrogen) atoms. The zero-order valence-electron chi connectivity index (χ0n) is 14.6. The van der Waals surface area contributed by atoms with Gasteiger partial charge in [0.05, 0.1) is 16.8 Å². The zero-order valence-corrected chi connectivity index (χ0v) is 15.3. The number of rotatable bonds is 7. The first-order valence-corrected chi connectivity index (χ1v) is 8.82. The normalized spacial score (nSPS) is 11.5. The third-order valence-electron chi connectivity index (χ3n) is 3.71. The number of nitrogens with one attached hydrogen (secondary N) is 3. The fraction of sp³-hybridized carbons (Fsp3) is 0.263. The number of carbonyl (C=O) groups excluding carboxylic acids is 2. The van der Waals surface area contributed by atoms with Crippen molar-refractivity contribution in [2.75, 3.05) is 10.6 Å². The first-order valence-electron chi connectivity index (χ1n) is 8.44. The Morgan fingerprint density at radius 2 is 1.88 bits per heavy atom. The molecule has 0 aliphatic rings. The van der Waals surface area contributed by atoms with Crippen molar-refractivity contribution in [2.24, 2.45) is 5.73 Å². The van der Waals surface area contributed by atoms with Crippen LogP contribution in [0.3, 0.4) is 0 Å². The second-order valence-electron chi connectivity index (χ2n) is 5.87. The summed E-state index contributed by atoms with van der Waals surface area (Å²) in [6, 6.07) is 13.4. The topological polar surface area (TPSA) is 96.2 Å². The van der Waals surface area contributed by atoms with Gasteiger partial charge in [0, 0.05) is 12.2 Å². The van der Waals surface area contributed by atoms with Crippen LogP contribution in [0.2, 0.25) is 5.02 Å². The summed E-state index contributed by atoms with van der Waals surface area (Å²) in [5.41, 5.74) is 7.84. The van der Waals surface area contributed by atoms with E-state index in [9.17, 15) is 9.59 Å². The number of carbonyl (C=O) groups is 2. The number of hydrogen-bond acceptors (Lipinski definition) is 3. The van der Waals surface area contributed by atoms with Gasteiger partial charge in [-0.25, -0.2) is 4.79 Å². The monoisotopic (exact) mass is 374 g/mol. The van der Waals surface area contributed by atoms with Gasteiger partial charge < -0.3 is 21.7 Å². The molecule has 0 aromatic heterocycles. The Morgan fingerprint density at radius 3 is 2.62 bits per heavy atom. The summed E-state index contributed by atoms with van der Waals surface area (Å²) in [6.45, 7) is 2.29. The lowest BCUT2D eigenvalue weighted by Gasteiger charge is -2.13. The van der Waals surface area contributed by atoms with E-state index < -0.39 is 6.04 Å². The first-order chi connectivity index (χ1) is 12.5. The molecule has 2 aromatic rings. The summed E-state index contributed by atoms with van der Waals surface area (Å²) in [4.78, 5) is 24.0. The molecule has 0 bridgehead atoms. The van der Waals surface area contributed by atoms with Gasteiger partial charge in [0.2, 0.25) is 5.91 Å². The third kappa shape index (κ3) is 6.06. The number of urea groups is 1. The van der Waals surface area contributed by atoms with Gasteiger partial charge >= 0.3 is 6.03 Å². The van der Waals surface area contributed by atoms with Crippen LogP contribution in [0, 0.1) is 0 Å². The highest BCUT2D eigenvalue weighted by Gasteiger charge is 2.12. The largest absolute Gasteiger partial charge is 0.334 e. The number of amides is 3. The molecule has 138 valence electrons. The average Bonchev–Trinajstić information content (AvgIpc) is 2.62. The summed E-state index contributed by atoms with van der Waals surface area (Å²) in [6.07, 6.45) is 1.48. The molecule has 0 spiro atoms. The van der Waals surface area contributed by atoms with Crippen LogP contribution in [-0.2, 0) is 11.3 Å². The minimum Gasteiger partial charge on any atom is -0.334 e. The molecule has 0 saturated heterocycles. The van der Waals surface area contributed by atoms with Gasteiger partial charge in [-0.3, -0.25) is 4.79 Å².